The van der Waals surface area contributed by atoms with Crippen molar-refractivity contribution < 1.29 is 0 Å². The van der Waals surface area contributed by atoms with Gasteiger partial charge < -0.3 is 5.32 Å². The molecule has 3 rings (SSSR count). The summed E-state index contributed by atoms with van der Waals surface area (Å²) >= 11 is 5.23. The van der Waals surface area contributed by atoms with Crippen LogP contribution < -0.4 is 5.32 Å². The molecule has 1 N–H and O–H groups in total. The Morgan fingerprint density at radius 2 is 2.32 bits per heavy atom. The molecular formula is C14H14BrN3S. The number of hydrogen-bond acceptors (Lipinski definition) is 4. The topological polar surface area (TPSA) is 37.3 Å². The second-order valence-corrected chi connectivity index (χ2v) is 6.58. The fourth-order valence-electron chi connectivity index (χ4n) is 2.05. The standard InChI is InChI=1S/C14H14BrN3S/c1-9-5-6-19-14(17-9)18-12-4-2-3-10-7-11(15)8-16-13(10)12/h2-4,7-9H,5-6H2,1H3,(H,17,18). The van der Waals surface area contributed by atoms with E-state index in [0.29, 0.717) is 6.04 Å². The van der Waals surface area contributed by atoms with Crippen molar-refractivity contribution in [3.05, 3.63) is 34.9 Å². The summed E-state index contributed by atoms with van der Waals surface area (Å²) in [6.45, 7) is 2.15. The van der Waals surface area contributed by atoms with Gasteiger partial charge in [-0.1, -0.05) is 23.9 Å². The van der Waals surface area contributed by atoms with Crippen LogP contribution in [0, 0.1) is 0 Å². The van der Waals surface area contributed by atoms with Gasteiger partial charge >= 0.3 is 0 Å². The van der Waals surface area contributed by atoms with E-state index in [-0.39, 0.29) is 0 Å². The minimum atomic E-state index is 0.404. The molecule has 0 amide bonds. The molecule has 1 unspecified atom stereocenters. The molecule has 1 aromatic heterocycles. The lowest BCUT2D eigenvalue weighted by molar-refractivity contribution is 0.720. The van der Waals surface area contributed by atoms with Crippen molar-refractivity contribution in [1.82, 2.24) is 4.98 Å². The number of aromatic nitrogens is 1. The van der Waals surface area contributed by atoms with Crippen LogP contribution in [-0.4, -0.2) is 21.9 Å². The minimum Gasteiger partial charge on any atom is -0.333 e. The van der Waals surface area contributed by atoms with E-state index in [4.69, 9.17) is 0 Å². The number of halogens is 1. The van der Waals surface area contributed by atoms with E-state index < -0.39 is 0 Å². The smallest absolute Gasteiger partial charge is 0.161 e. The molecule has 2 heterocycles. The van der Waals surface area contributed by atoms with Crippen LogP contribution in [0.3, 0.4) is 0 Å². The molecule has 5 heteroatoms. The average Bonchev–Trinajstić information content (AvgIpc) is 2.38. The lowest BCUT2D eigenvalue weighted by atomic mass is 10.2. The van der Waals surface area contributed by atoms with Gasteiger partial charge in [0.25, 0.3) is 0 Å². The van der Waals surface area contributed by atoms with Crippen molar-refractivity contribution in [2.45, 2.75) is 19.4 Å². The maximum atomic E-state index is 4.63. The predicted octanol–water partition coefficient (Wildman–Crippen LogP) is 4.29. The van der Waals surface area contributed by atoms with Crippen molar-refractivity contribution in [3.8, 4) is 0 Å². The Morgan fingerprint density at radius 1 is 1.42 bits per heavy atom. The number of anilines is 1. The van der Waals surface area contributed by atoms with Gasteiger partial charge in [-0.05, 0) is 41.4 Å². The molecule has 0 aliphatic carbocycles. The number of thioether (sulfide) groups is 1. The molecular weight excluding hydrogens is 322 g/mol. The van der Waals surface area contributed by atoms with Gasteiger partial charge in [0.2, 0.25) is 0 Å². The molecule has 1 atom stereocenters. The first kappa shape index (κ1) is 12.9. The third-order valence-electron chi connectivity index (χ3n) is 3.03. The summed E-state index contributed by atoms with van der Waals surface area (Å²) in [5.41, 5.74) is 2.00. The third kappa shape index (κ3) is 2.92. The van der Waals surface area contributed by atoms with Gasteiger partial charge in [0.15, 0.2) is 5.17 Å². The molecule has 0 bridgehead atoms. The van der Waals surface area contributed by atoms with Crippen LogP contribution >= 0.6 is 27.7 Å². The molecule has 0 saturated carbocycles. The zero-order chi connectivity index (χ0) is 13.2. The van der Waals surface area contributed by atoms with Crippen LogP contribution in [0.15, 0.2) is 39.9 Å². The summed E-state index contributed by atoms with van der Waals surface area (Å²) in [5.74, 6) is 1.12. The predicted molar refractivity (Wildman–Crippen MR) is 87.0 cm³/mol. The number of para-hydroxylation sites is 1. The Kier molecular flexibility index (Phi) is 3.75. The van der Waals surface area contributed by atoms with Gasteiger partial charge in [-0.25, -0.2) is 0 Å². The van der Waals surface area contributed by atoms with E-state index in [0.717, 1.165) is 38.4 Å². The van der Waals surface area contributed by atoms with Crippen LogP contribution in [0.4, 0.5) is 5.69 Å². The Labute approximate surface area is 125 Å². The Balaban J connectivity index is 1.97. The Hall–Kier alpha value is -1.07. The summed E-state index contributed by atoms with van der Waals surface area (Å²) in [6.07, 6.45) is 2.97. The zero-order valence-corrected chi connectivity index (χ0v) is 13.0. The molecule has 0 fully saturated rings. The molecule has 19 heavy (non-hydrogen) atoms. The molecule has 0 saturated heterocycles. The van der Waals surface area contributed by atoms with E-state index in [1.807, 2.05) is 18.3 Å². The molecule has 2 aromatic rings. The van der Waals surface area contributed by atoms with E-state index in [2.05, 4.69) is 50.3 Å². The van der Waals surface area contributed by atoms with E-state index in [1.165, 1.54) is 0 Å². The average molecular weight is 336 g/mol. The van der Waals surface area contributed by atoms with Crippen molar-refractivity contribution >= 4 is 49.4 Å². The lowest BCUT2D eigenvalue weighted by Gasteiger charge is -2.18. The maximum Gasteiger partial charge on any atom is 0.161 e. The number of rotatable bonds is 1. The fraction of sp³-hybridized carbons (Fsp3) is 0.286. The molecule has 0 spiro atoms. The van der Waals surface area contributed by atoms with Crippen LogP contribution in [0.25, 0.3) is 10.9 Å². The number of benzene rings is 1. The highest BCUT2D eigenvalue weighted by Gasteiger charge is 2.13. The second kappa shape index (κ2) is 5.51. The van der Waals surface area contributed by atoms with E-state index in [1.54, 1.807) is 11.8 Å². The van der Waals surface area contributed by atoms with Crippen LogP contribution in [0.1, 0.15) is 13.3 Å². The van der Waals surface area contributed by atoms with Crippen molar-refractivity contribution in [2.75, 3.05) is 11.1 Å². The lowest BCUT2D eigenvalue weighted by Crippen LogP contribution is -2.18. The molecule has 98 valence electrons. The highest BCUT2D eigenvalue weighted by molar-refractivity contribution is 9.10. The maximum absolute atomic E-state index is 4.63. The van der Waals surface area contributed by atoms with E-state index in [9.17, 15) is 0 Å². The summed E-state index contributed by atoms with van der Waals surface area (Å²) < 4.78 is 0.996. The van der Waals surface area contributed by atoms with Gasteiger partial charge in [-0.2, -0.15) is 0 Å². The number of aliphatic imine (C=N–C) groups is 1. The van der Waals surface area contributed by atoms with Gasteiger partial charge in [0, 0.05) is 21.8 Å². The molecule has 3 nitrogen and oxygen atoms in total. The fourth-order valence-corrected chi connectivity index (χ4v) is 3.48. The first-order chi connectivity index (χ1) is 9.22. The molecule has 1 aromatic carbocycles. The van der Waals surface area contributed by atoms with Crippen molar-refractivity contribution in [2.24, 2.45) is 4.99 Å². The van der Waals surface area contributed by atoms with Crippen LogP contribution in [0.2, 0.25) is 0 Å². The minimum absolute atomic E-state index is 0.404. The van der Waals surface area contributed by atoms with Gasteiger partial charge in [-0.3, -0.25) is 9.98 Å². The van der Waals surface area contributed by atoms with Gasteiger partial charge in [0.05, 0.1) is 17.2 Å². The van der Waals surface area contributed by atoms with Crippen molar-refractivity contribution in [1.29, 1.82) is 0 Å². The second-order valence-electron chi connectivity index (χ2n) is 4.58. The summed E-state index contributed by atoms with van der Waals surface area (Å²) in [6, 6.07) is 8.63. The third-order valence-corrected chi connectivity index (χ3v) is 4.39. The normalized spacial score (nSPS) is 19.3. The summed E-state index contributed by atoms with van der Waals surface area (Å²) in [4.78, 5) is 9.12. The first-order valence-corrected chi connectivity index (χ1v) is 8.02. The van der Waals surface area contributed by atoms with E-state index >= 15 is 0 Å². The highest BCUT2D eigenvalue weighted by atomic mass is 79.9. The number of amidine groups is 1. The number of nitrogens with one attached hydrogen (secondary N) is 1. The van der Waals surface area contributed by atoms with Gasteiger partial charge in [-0.15, -0.1) is 0 Å². The quantitative estimate of drug-likeness (QED) is 0.844. The zero-order valence-electron chi connectivity index (χ0n) is 10.6. The first-order valence-electron chi connectivity index (χ1n) is 6.24. The summed E-state index contributed by atoms with van der Waals surface area (Å²) in [7, 11) is 0. The Bertz CT molecular complexity index is 642. The largest absolute Gasteiger partial charge is 0.333 e. The number of fused-ring (bicyclic) bond motifs is 1. The van der Waals surface area contributed by atoms with Gasteiger partial charge in [0.1, 0.15) is 0 Å². The van der Waals surface area contributed by atoms with Crippen LogP contribution in [0.5, 0.6) is 0 Å². The molecule has 1 aliphatic heterocycles. The van der Waals surface area contributed by atoms with Crippen molar-refractivity contribution in [3.63, 3.8) is 0 Å². The van der Waals surface area contributed by atoms with Crippen LogP contribution in [-0.2, 0) is 0 Å². The Morgan fingerprint density at radius 3 is 3.16 bits per heavy atom. The molecule has 1 aliphatic rings. The monoisotopic (exact) mass is 335 g/mol. The SMILES string of the molecule is CC1CCSC(Nc2cccc3cc(Br)cnc23)=N1. The number of nitrogens with zero attached hydrogens (tertiary/aromatic N) is 2. The molecule has 0 radical (unpaired) electrons. The number of hydrogen-bond donors (Lipinski definition) is 1. The summed E-state index contributed by atoms with van der Waals surface area (Å²) in [5, 5.41) is 5.52. The number of pyridine rings is 1. The highest BCUT2D eigenvalue weighted by Crippen LogP contribution is 2.26.